The molecule has 2 N–H and O–H groups in total. The molecule has 9 heteroatoms. The first-order valence-corrected chi connectivity index (χ1v) is 14.9. The molecular weight excluding hydrogens is 492 g/mol. The highest BCUT2D eigenvalue weighted by Crippen LogP contribution is 2.24. The number of carbonyl (C=O) groups is 2. The van der Waals surface area contributed by atoms with Crippen LogP contribution in [0.5, 0.6) is 5.75 Å². The Morgan fingerprint density at radius 3 is 2.05 bits per heavy atom. The number of hydrogen-bond donors (Lipinski definition) is 2. The summed E-state index contributed by atoms with van der Waals surface area (Å²) < 4.78 is 5.20. The Morgan fingerprint density at radius 1 is 0.923 bits per heavy atom. The molecule has 9 nitrogen and oxygen atoms in total. The van der Waals surface area contributed by atoms with Crippen molar-refractivity contribution in [3.63, 3.8) is 0 Å². The lowest BCUT2D eigenvalue weighted by molar-refractivity contribution is -0.127. The minimum Gasteiger partial charge on any atom is -0.497 e. The van der Waals surface area contributed by atoms with Gasteiger partial charge in [-0.15, -0.1) is 0 Å². The van der Waals surface area contributed by atoms with Crippen molar-refractivity contribution >= 4 is 24.1 Å². The minimum atomic E-state index is -0.559. The lowest BCUT2D eigenvalue weighted by Crippen LogP contribution is -2.64. The number of methoxy groups -OCH3 is 1. The number of fused-ring (bicyclic) bond motifs is 1. The number of hydrazone groups is 1. The smallest absolute Gasteiger partial charge is 0.325 e. The van der Waals surface area contributed by atoms with E-state index < -0.39 is 18.2 Å². The Morgan fingerprint density at radius 2 is 1.49 bits per heavy atom. The van der Waals surface area contributed by atoms with Gasteiger partial charge in [-0.1, -0.05) is 90.4 Å². The van der Waals surface area contributed by atoms with Crippen molar-refractivity contribution in [3.05, 3.63) is 29.8 Å². The molecule has 3 rings (SSSR count). The van der Waals surface area contributed by atoms with Gasteiger partial charge >= 0.3 is 6.03 Å². The monoisotopic (exact) mass is 540 g/mol. The number of likely N-dealkylation sites (N-methyl/N-ethyl adjacent to an activating group) is 1. The molecule has 1 saturated heterocycles. The standard InChI is InChI=1S/C30H48N6O3/c1-4-5-6-7-8-9-10-11-12-13-14-15-16-17-22-36-26-27(35(2)30(38)33-28(26)37)32-29(36)34-31-23-24-18-20-25(39-3)21-19-24/h18-21,23,26-27H,4-17,22H2,1-3H3,(H,32,34)(H,33,37,38)/b31-23-. The summed E-state index contributed by atoms with van der Waals surface area (Å²) in [6.07, 6.45) is 19.3. The third-order valence-corrected chi connectivity index (χ3v) is 7.61. The van der Waals surface area contributed by atoms with Gasteiger partial charge in [0.1, 0.15) is 5.75 Å². The molecule has 2 aliphatic rings. The summed E-state index contributed by atoms with van der Waals surface area (Å²) in [6, 6.07) is 6.59. The van der Waals surface area contributed by atoms with Gasteiger partial charge < -0.3 is 14.5 Å². The number of aliphatic imine (C=N–C) groups is 1. The quantitative estimate of drug-likeness (QED) is 0.142. The van der Waals surface area contributed by atoms with Gasteiger partial charge in [0.25, 0.3) is 5.91 Å². The Labute approximate surface area is 234 Å². The number of nitrogens with one attached hydrogen (secondary N) is 2. The Balaban J connectivity index is 1.40. The number of rotatable bonds is 18. The molecular formula is C30H48N6O3. The largest absolute Gasteiger partial charge is 0.497 e. The summed E-state index contributed by atoms with van der Waals surface area (Å²) in [6.45, 7) is 2.95. The van der Waals surface area contributed by atoms with Crippen molar-refractivity contribution in [3.8, 4) is 5.75 Å². The van der Waals surface area contributed by atoms with E-state index in [0.717, 1.165) is 24.2 Å². The lowest BCUT2D eigenvalue weighted by atomic mass is 10.0. The van der Waals surface area contributed by atoms with Gasteiger partial charge in [0.2, 0.25) is 5.96 Å². The van der Waals surface area contributed by atoms with Gasteiger partial charge in [-0.05, 0) is 36.2 Å². The first-order valence-electron chi connectivity index (χ1n) is 14.9. The molecule has 0 aromatic heterocycles. The van der Waals surface area contributed by atoms with Crippen molar-refractivity contribution in [1.29, 1.82) is 0 Å². The third-order valence-electron chi connectivity index (χ3n) is 7.61. The van der Waals surface area contributed by atoms with Crippen molar-refractivity contribution in [1.82, 2.24) is 20.5 Å². The number of imide groups is 1. The molecule has 2 heterocycles. The lowest BCUT2D eigenvalue weighted by Gasteiger charge is -2.36. The van der Waals surface area contributed by atoms with Gasteiger partial charge in [-0.3, -0.25) is 10.1 Å². The maximum absolute atomic E-state index is 12.7. The maximum Gasteiger partial charge on any atom is 0.325 e. The number of benzene rings is 1. The van der Waals surface area contributed by atoms with Gasteiger partial charge in [-0.2, -0.15) is 5.10 Å². The van der Waals surface area contributed by atoms with E-state index in [4.69, 9.17) is 4.74 Å². The van der Waals surface area contributed by atoms with Crippen LogP contribution < -0.4 is 15.5 Å². The molecule has 1 fully saturated rings. The van der Waals surface area contributed by atoms with Crippen LogP contribution in [0.3, 0.4) is 0 Å². The fraction of sp³-hybridized carbons (Fsp3) is 0.667. The van der Waals surface area contributed by atoms with Crippen LogP contribution in [0.2, 0.25) is 0 Å². The zero-order valence-corrected chi connectivity index (χ0v) is 24.2. The summed E-state index contributed by atoms with van der Waals surface area (Å²) >= 11 is 0. The molecule has 2 atom stereocenters. The van der Waals surface area contributed by atoms with Crippen LogP contribution in [-0.2, 0) is 4.79 Å². The van der Waals surface area contributed by atoms with Crippen LogP contribution in [0, 0.1) is 0 Å². The van der Waals surface area contributed by atoms with Gasteiger partial charge in [0.05, 0.1) is 13.3 Å². The number of amides is 3. The molecule has 1 aromatic carbocycles. The highest BCUT2D eigenvalue weighted by molar-refractivity contribution is 6.03. The average molecular weight is 541 g/mol. The third kappa shape index (κ3) is 9.55. The van der Waals surface area contributed by atoms with E-state index >= 15 is 0 Å². The summed E-state index contributed by atoms with van der Waals surface area (Å²) in [7, 11) is 3.30. The Kier molecular flexibility index (Phi) is 13.1. The molecule has 0 bridgehead atoms. The van der Waals surface area contributed by atoms with Crippen molar-refractivity contribution in [2.45, 2.75) is 109 Å². The molecule has 0 aliphatic carbocycles. The predicted molar refractivity (Wildman–Crippen MR) is 157 cm³/mol. The van der Waals surface area contributed by atoms with E-state index in [0.29, 0.717) is 12.5 Å². The van der Waals surface area contributed by atoms with Gasteiger partial charge in [0.15, 0.2) is 12.2 Å². The molecule has 39 heavy (non-hydrogen) atoms. The number of urea groups is 1. The van der Waals surface area contributed by atoms with Gasteiger partial charge in [0, 0.05) is 13.6 Å². The summed E-state index contributed by atoms with van der Waals surface area (Å²) in [5.74, 6) is 0.983. The second-order valence-corrected chi connectivity index (χ2v) is 10.6. The molecule has 0 saturated carbocycles. The van der Waals surface area contributed by atoms with E-state index in [2.05, 4.69) is 27.8 Å². The maximum atomic E-state index is 12.7. The van der Waals surface area contributed by atoms with Crippen molar-refractivity contribution in [2.24, 2.45) is 10.1 Å². The SMILES string of the molecule is CCCCCCCCCCCCCCCCN1C(N/N=C\c2ccc(OC)cc2)=NC2C1C(=O)NC(=O)N2C. The number of hydrogen-bond acceptors (Lipinski definition) is 7. The fourth-order valence-corrected chi connectivity index (χ4v) is 5.20. The van der Waals surface area contributed by atoms with Crippen LogP contribution in [-0.4, -0.2) is 66.8 Å². The first kappa shape index (κ1) is 30.4. The van der Waals surface area contributed by atoms with Crippen LogP contribution in [0.25, 0.3) is 0 Å². The number of carbonyl (C=O) groups excluding carboxylic acids is 2. The molecule has 216 valence electrons. The number of guanidine groups is 1. The molecule has 3 amide bonds. The topological polar surface area (TPSA) is 98.6 Å². The Hall–Kier alpha value is -3.10. The second kappa shape index (κ2) is 16.8. The Bertz CT molecular complexity index is 949. The fourth-order valence-electron chi connectivity index (χ4n) is 5.20. The molecule has 0 radical (unpaired) electrons. The van der Waals surface area contributed by atoms with Crippen LogP contribution in [0.1, 0.15) is 102 Å². The van der Waals surface area contributed by atoms with Crippen molar-refractivity contribution < 1.29 is 14.3 Å². The van der Waals surface area contributed by atoms with Gasteiger partial charge in [-0.25, -0.2) is 15.2 Å². The van der Waals surface area contributed by atoms with Crippen LogP contribution in [0.4, 0.5) is 4.79 Å². The summed E-state index contributed by atoms with van der Waals surface area (Å²) in [5, 5.41) is 6.80. The zero-order valence-electron chi connectivity index (χ0n) is 24.2. The van der Waals surface area contributed by atoms with E-state index in [1.54, 1.807) is 20.4 Å². The van der Waals surface area contributed by atoms with Crippen LogP contribution in [0.15, 0.2) is 34.4 Å². The van der Waals surface area contributed by atoms with Crippen molar-refractivity contribution in [2.75, 3.05) is 20.7 Å². The summed E-state index contributed by atoms with van der Waals surface area (Å²) in [4.78, 5) is 33.0. The second-order valence-electron chi connectivity index (χ2n) is 10.6. The molecule has 2 aliphatic heterocycles. The minimum absolute atomic E-state index is 0.312. The van der Waals surface area contributed by atoms with E-state index in [1.807, 2.05) is 29.2 Å². The predicted octanol–water partition coefficient (Wildman–Crippen LogP) is 5.65. The average Bonchev–Trinajstić information content (AvgIpc) is 3.31. The van der Waals surface area contributed by atoms with E-state index in [1.165, 1.54) is 81.9 Å². The molecule has 0 spiro atoms. The highest BCUT2D eigenvalue weighted by atomic mass is 16.5. The summed E-state index contributed by atoms with van der Waals surface area (Å²) in [5.41, 5.74) is 3.92. The zero-order chi connectivity index (χ0) is 27.9. The van der Waals surface area contributed by atoms with Crippen LogP contribution >= 0.6 is 0 Å². The number of ether oxygens (including phenoxy) is 1. The molecule has 2 unspecified atom stereocenters. The van der Waals surface area contributed by atoms with E-state index in [9.17, 15) is 9.59 Å². The molecule has 1 aromatic rings. The first-order chi connectivity index (χ1) is 19.0. The highest BCUT2D eigenvalue weighted by Gasteiger charge is 2.48. The normalized spacial score (nSPS) is 18.9. The number of nitrogens with zero attached hydrogens (tertiary/aromatic N) is 4. The van der Waals surface area contributed by atoms with E-state index in [-0.39, 0.29) is 5.91 Å². The number of unbranched alkanes of at least 4 members (excludes halogenated alkanes) is 13.